The number of nitrogens with one attached hydrogen (secondary N) is 2. The monoisotopic (exact) mass is 546 g/mol. The van der Waals surface area contributed by atoms with E-state index in [0.29, 0.717) is 23.7 Å². The SMILES string of the molecule is CN=C(NCCCc1nc(C)no1)NCC1CCCN(C)C1c1cccc(Cl)c1.I. The molecule has 9 heteroatoms. The lowest BCUT2D eigenvalue weighted by Gasteiger charge is -2.40. The lowest BCUT2D eigenvalue weighted by molar-refractivity contribution is 0.122. The molecule has 2 unspecified atom stereocenters. The molecular formula is C21H32ClIN6O. The average Bonchev–Trinajstić information content (AvgIpc) is 3.12. The number of nitrogens with zero attached hydrogens (tertiary/aromatic N) is 4. The van der Waals surface area contributed by atoms with Crippen LogP contribution in [0.5, 0.6) is 0 Å². The molecule has 2 heterocycles. The first-order chi connectivity index (χ1) is 14.1. The Morgan fingerprint density at radius 2 is 2.20 bits per heavy atom. The molecule has 2 atom stereocenters. The third-order valence-electron chi connectivity index (χ3n) is 5.38. The first kappa shape index (κ1) is 24.9. The van der Waals surface area contributed by atoms with Gasteiger partial charge in [0.1, 0.15) is 0 Å². The molecule has 1 aromatic carbocycles. The normalized spacial score (nSPS) is 19.9. The maximum Gasteiger partial charge on any atom is 0.226 e. The zero-order valence-electron chi connectivity index (χ0n) is 17.9. The summed E-state index contributed by atoms with van der Waals surface area (Å²) in [7, 11) is 4.00. The highest BCUT2D eigenvalue weighted by Gasteiger charge is 2.30. The van der Waals surface area contributed by atoms with E-state index in [9.17, 15) is 0 Å². The second kappa shape index (κ2) is 12.5. The van der Waals surface area contributed by atoms with E-state index in [-0.39, 0.29) is 24.0 Å². The molecule has 1 aliphatic rings. The summed E-state index contributed by atoms with van der Waals surface area (Å²) >= 11 is 6.25. The first-order valence-electron chi connectivity index (χ1n) is 10.3. The minimum Gasteiger partial charge on any atom is -0.356 e. The molecule has 166 valence electrons. The lowest BCUT2D eigenvalue weighted by Crippen LogP contribution is -2.45. The van der Waals surface area contributed by atoms with Gasteiger partial charge in [-0.25, -0.2) is 0 Å². The lowest BCUT2D eigenvalue weighted by atomic mass is 9.85. The highest BCUT2D eigenvalue weighted by molar-refractivity contribution is 14.0. The van der Waals surface area contributed by atoms with Crippen LogP contribution in [0.2, 0.25) is 5.02 Å². The van der Waals surface area contributed by atoms with E-state index in [2.05, 4.69) is 49.8 Å². The average molecular weight is 547 g/mol. The number of hydrogen-bond donors (Lipinski definition) is 2. The van der Waals surface area contributed by atoms with Gasteiger partial charge in [-0.05, 0) is 63.4 Å². The third-order valence-corrected chi connectivity index (χ3v) is 5.62. The second-order valence-corrected chi connectivity index (χ2v) is 8.04. The van der Waals surface area contributed by atoms with Crippen LogP contribution in [0.4, 0.5) is 0 Å². The van der Waals surface area contributed by atoms with Crippen LogP contribution in [-0.2, 0) is 6.42 Å². The summed E-state index contributed by atoms with van der Waals surface area (Å²) in [5.41, 5.74) is 1.28. The minimum atomic E-state index is 0. The van der Waals surface area contributed by atoms with E-state index in [1.54, 1.807) is 7.05 Å². The van der Waals surface area contributed by atoms with Crippen molar-refractivity contribution in [2.24, 2.45) is 10.9 Å². The molecule has 0 aliphatic carbocycles. The molecule has 1 fully saturated rings. The Labute approximate surface area is 201 Å². The Morgan fingerprint density at radius 1 is 1.37 bits per heavy atom. The van der Waals surface area contributed by atoms with Gasteiger partial charge in [0, 0.05) is 37.6 Å². The van der Waals surface area contributed by atoms with Gasteiger partial charge in [0.15, 0.2) is 11.8 Å². The molecule has 1 saturated heterocycles. The fraction of sp³-hybridized carbons (Fsp3) is 0.571. The molecule has 0 spiro atoms. The van der Waals surface area contributed by atoms with E-state index in [1.165, 1.54) is 18.4 Å². The molecule has 1 aromatic heterocycles. The molecule has 0 bridgehead atoms. The van der Waals surface area contributed by atoms with Crippen molar-refractivity contribution in [1.29, 1.82) is 0 Å². The van der Waals surface area contributed by atoms with Crippen molar-refractivity contribution < 1.29 is 4.52 Å². The van der Waals surface area contributed by atoms with Crippen LogP contribution in [0.1, 0.15) is 42.6 Å². The summed E-state index contributed by atoms with van der Waals surface area (Å²) in [6, 6.07) is 8.60. The van der Waals surface area contributed by atoms with Gasteiger partial charge in [-0.2, -0.15) is 4.98 Å². The summed E-state index contributed by atoms with van der Waals surface area (Å²) in [6.07, 6.45) is 4.05. The zero-order chi connectivity index (χ0) is 20.6. The number of aryl methyl sites for hydroxylation is 2. The van der Waals surface area contributed by atoms with Gasteiger partial charge in [-0.1, -0.05) is 28.9 Å². The van der Waals surface area contributed by atoms with Crippen molar-refractivity contribution in [3.8, 4) is 0 Å². The summed E-state index contributed by atoms with van der Waals surface area (Å²) in [5, 5.41) is 11.5. The number of rotatable bonds is 7. The molecular weight excluding hydrogens is 515 g/mol. The van der Waals surface area contributed by atoms with Crippen LogP contribution < -0.4 is 10.6 Å². The van der Waals surface area contributed by atoms with E-state index in [1.807, 2.05) is 19.1 Å². The number of benzene rings is 1. The standard InChI is InChI=1S/C21H31ClN6O.HI/c1-15-26-19(29-27-15)10-5-11-24-21(23-2)25-14-17-8-6-12-28(3)20(17)16-7-4-9-18(22)13-16;/h4,7,9,13,17,20H,5-6,8,10-12,14H2,1-3H3,(H2,23,24,25);1H. The maximum atomic E-state index is 6.25. The van der Waals surface area contributed by atoms with Crippen LogP contribution in [-0.4, -0.2) is 54.7 Å². The van der Waals surface area contributed by atoms with Crippen molar-refractivity contribution in [3.63, 3.8) is 0 Å². The zero-order valence-corrected chi connectivity index (χ0v) is 21.0. The number of halogens is 2. The number of guanidine groups is 1. The molecule has 7 nitrogen and oxygen atoms in total. The molecule has 0 radical (unpaired) electrons. The Balaban J connectivity index is 0.00000320. The van der Waals surface area contributed by atoms with Crippen LogP contribution in [0, 0.1) is 12.8 Å². The predicted octanol–water partition coefficient (Wildman–Crippen LogP) is 3.83. The van der Waals surface area contributed by atoms with E-state index in [4.69, 9.17) is 16.1 Å². The molecule has 30 heavy (non-hydrogen) atoms. The van der Waals surface area contributed by atoms with Crippen LogP contribution in [0.25, 0.3) is 0 Å². The van der Waals surface area contributed by atoms with Crippen molar-refractivity contribution in [2.45, 2.75) is 38.6 Å². The molecule has 0 amide bonds. The fourth-order valence-electron chi connectivity index (χ4n) is 4.03. The van der Waals surface area contributed by atoms with Crippen molar-refractivity contribution >= 4 is 41.5 Å². The Kier molecular flexibility index (Phi) is 10.3. The van der Waals surface area contributed by atoms with Gasteiger partial charge >= 0.3 is 0 Å². The smallest absolute Gasteiger partial charge is 0.226 e. The van der Waals surface area contributed by atoms with Gasteiger partial charge in [0.25, 0.3) is 0 Å². The third kappa shape index (κ3) is 7.09. The Hall–Kier alpha value is -1.39. The summed E-state index contributed by atoms with van der Waals surface area (Å²) in [5.74, 6) is 2.68. The molecule has 3 rings (SSSR count). The molecule has 2 aromatic rings. The minimum absolute atomic E-state index is 0. The maximum absolute atomic E-state index is 6.25. The Bertz CT molecular complexity index is 814. The van der Waals surface area contributed by atoms with E-state index in [0.717, 1.165) is 43.5 Å². The Morgan fingerprint density at radius 3 is 2.90 bits per heavy atom. The number of piperidine rings is 1. The van der Waals surface area contributed by atoms with Gasteiger partial charge < -0.3 is 15.2 Å². The van der Waals surface area contributed by atoms with E-state index < -0.39 is 0 Å². The number of aromatic nitrogens is 2. The predicted molar refractivity (Wildman–Crippen MR) is 132 cm³/mol. The fourth-order valence-corrected chi connectivity index (χ4v) is 4.23. The van der Waals surface area contributed by atoms with Gasteiger partial charge in [0.2, 0.25) is 5.89 Å². The summed E-state index contributed by atoms with van der Waals surface area (Å²) < 4.78 is 5.15. The van der Waals surface area contributed by atoms with Crippen LogP contribution >= 0.6 is 35.6 Å². The van der Waals surface area contributed by atoms with Crippen LogP contribution in [0.15, 0.2) is 33.8 Å². The van der Waals surface area contributed by atoms with Gasteiger partial charge in [-0.3, -0.25) is 9.89 Å². The topological polar surface area (TPSA) is 78.6 Å². The van der Waals surface area contributed by atoms with Crippen LogP contribution in [0.3, 0.4) is 0 Å². The summed E-state index contributed by atoms with van der Waals surface area (Å²) in [6.45, 7) is 4.60. The van der Waals surface area contributed by atoms with Gasteiger partial charge in [0.05, 0.1) is 0 Å². The van der Waals surface area contributed by atoms with Crippen molar-refractivity contribution in [3.05, 3.63) is 46.6 Å². The second-order valence-electron chi connectivity index (χ2n) is 7.60. The molecule has 1 aliphatic heterocycles. The van der Waals surface area contributed by atoms with E-state index >= 15 is 0 Å². The van der Waals surface area contributed by atoms with Gasteiger partial charge in [-0.15, -0.1) is 24.0 Å². The quantitative estimate of drug-likeness (QED) is 0.238. The first-order valence-corrected chi connectivity index (χ1v) is 10.6. The molecule has 0 saturated carbocycles. The summed E-state index contributed by atoms with van der Waals surface area (Å²) in [4.78, 5) is 11.0. The van der Waals surface area contributed by atoms with Crippen molar-refractivity contribution in [2.75, 3.05) is 33.7 Å². The number of likely N-dealkylation sites (tertiary alicyclic amines) is 1. The number of aliphatic imine (C=N–C) groups is 1. The highest BCUT2D eigenvalue weighted by Crippen LogP contribution is 2.35. The highest BCUT2D eigenvalue weighted by atomic mass is 127. The number of hydrogen-bond acceptors (Lipinski definition) is 5. The molecule has 2 N–H and O–H groups in total. The van der Waals surface area contributed by atoms with Crippen molar-refractivity contribution in [1.82, 2.24) is 25.7 Å². The largest absolute Gasteiger partial charge is 0.356 e.